The molecule has 0 radical (unpaired) electrons. The molecule has 0 spiro atoms. The second-order valence-corrected chi connectivity index (χ2v) is 6.12. The maximum atomic E-state index is 6.60. The van der Waals surface area contributed by atoms with Gasteiger partial charge < -0.3 is 14.2 Å². The van der Waals surface area contributed by atoms with E-state index in [-0.39, 0.29) is 5.38 Å². The summed E-state index contributed by atoms with van der Waals surface area (Å²) in [6.45, 7) is 2.96. The van der Waals surface area contributed by atoms with Crippen LogP contribution in [0, 0.1) is 6.92 Å². The molecule has 2 rings (SSSR count). The minimum Gasteiger partial charge on any atom is -0.493 e. The van der Waals surface area contributed by atoms with E-state index in [1.807, 2.05) is 12.1 Å². The molecule has 118 valence electrons. The molecule has 1 saturated heterocycles. The maximum absolute atomic E-state index is 6.60. The third kappa shape index (κ3) is 4.27. The largest absolute Gasteiger partial charge is 0.493 e. The minimum absolute atomic E-state index is 0.0182. The normalized spacial score (nSPS) is 20.1. The molecule has 1 aliphatic heterocycles. The standard InChI is InChI=1S/C17H25ClO3/c1-12-10-16(19-2)17(20-3)11-14(12)15(18)8-7-13-6-4-5-9-21-13/h10-11,13,15H,4-9H2,1-3H3. The van der Waals surface area contributed by atoms with Gasteiger partial charge in [0.25, 0.3) is 0 Å². The van der Waals surface area contributed by atoms with Gasteiger partial charge in [-0.3, -0.25) is 0 Å². The number of methoxy groups -OCH3 is 2. The summed E-state index contributed by atoms with van der Waals surface area (Å²) in [7, 11) is 3.30. The van der Waals surface area contributed by atoms with Gasteiger partial charge in [0.05, 0.1) is 25.7 Å². The summed E-state index contributed by atoms with van der Waals surface area (Å²) >= 11 is 6.60. The Morgan fingerprint density at radius 2 is 1.95 bits per heavy atom. The second kappa shape index (κ2) is 7.90. The average molecular weight is 313 g/mol. The fourth-order valence-corrected chi connectivity index (χ4v) is 3.22. The van der Waals surface area contributed by atoms with Crippen molar-refractivity contribution in [2.24, 2.45) is 0 Å². The molecule has 0 N–H and O–H groups in total. The van der Waals surface area contributed by atoms with Crippen LogP contribution in [0.3, 0.4) is 0 Å². The van der Waals surface area contributed by atoms with Crippen LogP contribution >= 0.6 is 11.6 Å². The Balaban J connectivity index is 2.02. The van der Waals surface area contributed by atoms with Crippen LogP contribution in [0.5, 0.6) is 11.5 Å². The van der Waals surface area contributed by atoms with Crippen molar-refractivity contribution in [2.45, 2.75) is 50.5 Å². The lowest BCUT2D eigenvalue weighted by Gasteiger charge is -2.24. The number of benzene rings is 1. The van der Waals surface area contributed by atoms with Crippen molar-refractivity contribution in [3.8, 4) is 11.5 Å². The topological polar surface area (TPSA) is 27.7 Å². The fourth-order valence-electron chi connectivity index (χ4n) is 2.86. The molecule has 0 aliphatic carbocycles. The molecule has 1 aromatic rings. The summed E-state index contributed by atoms with van der Waals surface area (Å²) < 4.78 is 16.5. The molecule has 1 aliphatic rings. The summed E-state index contributed by atoms with van der Waals surface area (Å²) in [5, 5.41) is -0.0182. The smallest absolute Gasteiger partial charge is 0.161 e. The highest BCUT2D eigenvalue weighted by molar-refractivity contribution is 6.20. The molecule has 21 heavy (non-hydrogen) atoms. The number of hydrogen-bond acceptors (Lipinski definition) is 3. The van der Waals surface area contributed by atoms with Crippen molar-refractivity contribution in [2.75, 3.05) is 20.8 Å². The Morgan fingerprint density at radius 1 is 1.24 bits per heavy atom. The molecule has 1 aromatic carbocycles. The Bertz CT molecular complexity index is 456. The number of hydrogen-bond donors (Lipinski definition) is 0. The highest BCUT2D eigenvalue weighted by atomic mass is 35.5. The van der Waals surface area contributed by atoms with Crippen LogP contribution in [-0.2, 0) is 4.74 Å². The third-order valence-electron chi connectivity index (χ3n) is 4.13. The Labute approximate surface area is 132 Å². The van der Waals surface area contributed by atoms with Crippen LogP contribution in [0.4, 0.5) is 0 Å². The summed E-state index contributed by atoms with van der Waals surface area (Å²) in [6, 6.07) is 3.98. The van der Waals surface area contributed by atoms with Crippen molar-refractivity contribution in [1.82, 2.24) is 0 Å². The van der Waals surface area contributed by atoms with E-state index in [0.717, 1.165) is 48.5 Å². The lowest BCUT2D eigenvalue weighted by molar-refractivity contribution is 0.00999. The molecule has 2 unspecified atom stereocenters. The average Bonchev–Trinajstić information content (AvgIpc) is 2.53. The predicted octanol–water partition coefficient (Wildman–Crippen LogP) is 4.64. The Morgan fingerprint density at radius 3 is 2.57 bits per heavy atom. The Kier molecular flexibility index (Phi) is 6.19. The fraction of sp³-hybridized carbons (Fsp3) is 0.647. The number of ether oxygens (including phenoxy) is 3. The van der Waals surface area contributed by atoms with Gasteiger partial charge in [-0.15, -0.1) is 11.6 Å². The van der Waals surface area contributed by atoms with Gasteiger partial charge in [-0.2, -0.15) is 0 Å². The maximum Gasteiger partial charge on any atom is 0.161 e. The van der Waals surface area contributed by atoms with Gasteiger partial charge in [-0.05, 0) is 62.3 Å². The molecule has 3 nitrogen and oxygen atoms in total. The van der Waals surface area contributed by atoms with Gasteiger partial charge in [0.1, 0.15) is 0 Å². The van der Waals surface area contributed by atoms with Crippen molar-refractivity contribution >= 4 is 11.6 Å². The number of alkyl halides is 1. The van der Waals surface area contributed by atoms with Gasteiger partial charge in [0, 0.05) is 6.61 Å². The number of aryl methyl sites for hydroxylation is 1. The van der Waals surface area contributed by atoms with E-state index in [1.165, 1.54) is 12.8 Å². The van der Waals surface area contributed by atoms with Crippen molar-refractivity contribution < 1.29 is 14.2 Å². The Hall–Kier alpha value is -0.930. The highest BCUT2D eigenvalue weighted by Crippen LogP contribution is 2.37. The zero-order valence-electron chi connectivity index (χ0n) is 13.2. The molecule has 0 bridgehead atoms. The van der Waals surface area contributed by atoms with Crippen LogP contribution in [0.25, 0.3) is 0 Å². The van der Waals surface area contributed by atoms with Crippen LogP contribution in [0.1, 0.15) is 48.6 Å². The van der Waals surface area contributed by atoms with E-state index in [0.29, 0.717) is 6.10 Å². The van der Waals surface area contributed by atoms with E-state index in [9.17, 15) is 0 Å². The first-order valence-electron chi connectivity index (χ1n) is 7.64. The lowest BCUT2D eigenvalue weighted by atomic mass is 9.98. The van der Waals surface area contributed by atoms with E-state index >= 15 is 0 Å². The second-order valence-electron chi connectivity index (χ2n) is 5.60. The van der Waals surface area contributed by atoms with E-state index in [4.69, 9.17) is 25.8 Å². The monoisotopic (exact) mass is 312 g/mol. The van der Waals surface area contributed by atoms with Gasteiger partial charge >= 0.3 is 0 Å². The number of rotatable bonds is 6. The molecule has 2 atom stereocenters. The summed E-state index contributed by atoms with van der Waals surface area (Å²) in [4.78, 5) is 0. The van der Waals surface area contributed by atoms with Crippen LogP contribution in [0.15, 0.2) is 12.1 Å². The zero-order valence-corrected chi connectivity index (χ0v) is 13.9. The van der Waals surface area contributed by atoms with Crippen LogP contribution in [0.2, 0.25) is 0 Å². The van der Waals surface area contributed by atoms with E-state index in [1.54, 1.807) is 14.2 Å². The molecule has 0 saturated carbocycles. The van der Waals surface area contributed by atoms with Crippen LogP contribution < -0.4 is 9.47 Å². The molecule has 1 fully saturated rings. The summed E-state index contributed by atoms with van der Waals surface area (Å²) in [6.07, 6.45) is 5.93. The van der Waals surface area contributed by atoms with E-state index < -0.39 is 0 Å². The molecule has 1 heterocycles. The molecular formula is C17H25ClO3. The van der Waals surface area contributed by atoms with Crippen molar-refractivity contribution in [3.63, 3.8) is 0 Å². The first-order valence-corrected chi connectivity index (χ1v) is 8.07. The SMILES string of the molecule is COc1cc(C)c(C(Cl)CCC2CCCCO2)cc1OC. The van der Waals surface area contributed by atoms with Gasteiger partial charge in [0.2, 0.25) is 0 Å². The highest BCUT2D eigenvalue weighted by Gasteiger charge is 2.19. The molecule has 0 amide bonds. The zero-order chi connectivity index (χ0) is 15.2. The van der Waals surface area contributed by atoms with Gasteiger partial charge in [-0.25, -0.2) is 0 Å². The molecular weight excluding hydrogens is 288 g/mol. The van der Waals surface area contributed by atoms with E-state index in [2.05, 4.69) is 6.92 Å². The molecule has 0 aromatic heterocycles. The van der Waals surface area contributed by atoms with Gasteiger partial charge in [0.15, 0.2) is 11.5 Å². The molecule has 4 heteroatoms. The van der Waals surface area contributed by atoms with Crippen molar-refractivity contribution in [1.29, 1.82) is 0 Å². The summed E-state index contributed by atoms with van der Waals surface area (Å²) in [5.41, 5.74) is 2.25. The first kappa shape index (κ1) is 16.4. The minimum atomic E-state index is -0.0182. The lowest BCUT2D eigenvalue weighted by Crippen LogP contribution is -2.19. The third-order valence-corrected chi connectivity index (χ3v) is 4.58. The first-order chi connectivity index (χ1) is 10.2. The summed E-state index contributed by atoms with van der Waals surface area (Å²) in [5.74, 6) is 1.48. The van der Waals surface area contributed by atoms with Crippen molar-refractivity contribution in [3.05, 3.63) is 23.3 Å². The predicted molar refractivity (Wildman–Crippen MR) is 85.7 cm³/mol. The van der Waals surface area contributed by atoms with Crippen LogP contribution in [-0.4, -0.2) is 26.9 Å². The number of halogens is 1. The quantitative estimate of drug-likeness (QED) is 0.716. The van der Waals surface area contributed by atoms with Gasteiger partial charge in [-0.1, -0.05) is 0 Å².